The van der Waals surface area contributed by atoms with Crippen LogP contribution in [-0.4, -0.2) is 15.2 Å². The molecule has 0 fully saturated rings. The van der Waals surface area contributed by atoms with Gasteiger partial charge in [0.1, 0.15) is 0 Å². The van der Waals surface area contributed by atoms with Gasteiger partial charge >= 0.3 is 0 Å². The highest BCUT2D eigenvalue weighted by Crippen LogP contribution is 2.13. The second kappa shape index (κ2) is 4.98. The lowest BCUT2D eigenvalue weighted by Gasteiger charge is -2.04. The van der Waals surface area contributed by atoms with E-state index in [0.717, 1.165) is 24.2 Å². The summed E-state index contributed by atoms with van der Waals surface area (Å²) in [5.41, 5.74) is 3.47. The molecule has 0 spiro atoms. The average molecular weight is 238 g/mol. The third-order valence-corrected chi connectivity index (χ3v) is 2.88. The number of benzene rings is 1. The van der Waals surface area contributed by atoms with Crippen molar-refractivity contribution in [3.05, 3.63) is 60.0 Å². The fourth-order valence-electron chi connectivity index (χ4n) is 1.96. The van der Waals surface area contributed by atoms with E-state index in [4.69, 9.17) is 0 Å². The summed E-state index contributed by atoms with van der Waals surface area (Å²) in [6.07, 6.45) is 5.55. The van der Waals surface area contributed by atoms with E-state index in [9.17, 15) is 0 Å². The summed E-state index contributed by atoms with van der Waals surface area (Å²) < 4.78 is 0. The van der Waals surface area contributed by atoms with Gasteiger partial charge in [0.25, 0.3) is 0 Å². The van der Waals surface area contributed by atoms with E-state index in [1.165, 1.54) is 10.9 Å². The van der Waals surface area contributed by atoms with Crippen LogP contribution < -0.4 is 5.32 Å². The Bertz CT molecular complexity index is 631. The number of aromatic nitrogens is 3. The summed E-state index contributed by atoms with van der Waals surface area (Å²) >= 11 is 0. The van der Waals surface area contributed by atoms with E-state index >= 15 is 0 Å². The summed E-state index contributed by atoms with van der Waals surface area (Å²) in [5, 5.41) is 11.3. The van der Waals surface area contributed by atoms with Crippen LogP contribution in [0.1, 0.15) is 11.1 Å². The van der Waals surface area contributed by atoms with Gasteiger partial charge in [0, 0.05) is 36.4 Å². The first-order valence-electron chi connectivity index (χ1n) is 5.94. The normalized spacial score (nSPS) is 10.9. The van der Waals surface area contributed by atoms with Crippen molar-refractivity contribution >= 4 is 10.9 Å². The monoisotopic (exact) mass is 238 g/mol. The van der Waals surface area contributed by atoms with Crippen molar-refractivity contribution in [3.63, 3.8) is 0 Å². The fraction of sp³-hybridized carbons (Fsp3) is 0.143. The van der Waals surface area contributed by atoms with Gasteiger partial charge in [-0.25, -0.2) is 0 Å². The first kappa shape index (κ1) is 10.9. The highest BCUT2D eigenvalue weighted by molar-refractivity contribution is 5.78. The van der Waals surface area contributed by atoms with Crippen LogP contribution in [0.3, 0.4) is 0 Å². The Morgan fingerprint density at radius 3 is 2.94 bits per heavy atom. The molecule has 0 aliphatic heterocycles. The van der Waals surface area contributed by atoms with Gasteiger partial charge < -0.3 is 5.32 Å². The van der Waals surface area contributed by atoms with Crippen LogP contribution in [0.4, 0.5) is 0 Å². The van der Waals surface area contributed by atoms with E-state index < -0.39 is 0 Å². The molecule has 0 aliphatic rings. The topological polar surface area (TPSA) is 53.6 Å². The Hall–Kier alpha value is -2.20. The zero-order chi connectivity index (χ0) is 12.2. The minimum atomic E-state index is 0.821. The van der Waals surface area contributed by atoms with Crippen LogP contribution in [0, 0.1) is 0 Å². The van der Waals surface area contributed by atoms with Gasteiger partial charge in [0.05, 0.1) is 11.7 Å². The van der Waals surface area contributed by atoms with E-state index in [1.54, 1.807) is 0 Å². The molecular formula is C14H14N4. The quantitative estimate of drug-likeness (QED) is 0.733. The van der Waals surface area contributed by atoms with E-state index in [0.29, 0.717) is 0 Å². The molecule has 0 aliphatic carbocycles. The lowest BCUT2D eigenvalue weighted by atomic mass is 10.1. The number of nitrogens with zero attached hydrogens (tertiary/aromatic N) is 2. The third-order valence-electron chi connectivity index (χ3n) is 2.88. The molecule has 0 bridgehead atoms. The zero-order valence-corrected chi connectivity index (χ0v) is 9.93. The molecule has 0 saturated heterocycles. The van der Waals surface area contributed by atoms with Gasteiger partial charge in [-0.1, -0.05) is 12.1 Å². The lowest BCUT2D eigenvalue weighted by Crippen LogP contribution is -2.12. The second-order valence-corrected chi connectivity index (χ2v) is 4.24. The SMILES string of the molecule is c1cnc2ccc(CNCc3cn[nH]c3)cc2c1. The lowest BCUT2D eigenvalue weighted by molar-refractivity contribution is 0.694. The summed E-state index contributed by atoms with van der Waals surface area (Å²) in [5.74, 6) is 0. The second-order valence-electron chi connectivity index (χ2n) is 4.24. The van der Waals surface area contributed by atoms with Crippen molar-refractivity contribution in [3.8, 4) is 0 Å². The van der Waals surface area contributed by atoms with Crippen LogP contribution in [0.5, 0.6) is 0 Å². The van der Waals surface area contributed by atoms with Gasteiger partial charge in [-0.3, -0.25) is 10.1 Å². The maximum atomic E-state index is 4.31. The Balaban J connectivity index is 1.67. The first-order chi connectivity index (χ1) is 8.92. The first-order valence-corrected chi connectivity index (χ1v) is 5.94. The van der Waals surface area contributed by atoms with E-state index in [-0.39, 0.29) is 0 Å². The predicted octanol–water partition coefficient (Wildman–Crippen LogP) is 2.25. The highest BCUT2D eigenvalue weighted by atomic mass is 15.1. The summed E-state index contributed by atoms with van der Waals surface area (Å²) in [7, 11) is 0. The van der Waals surface area contributed by atoms with Crippen molar-refractivity contribution in [1.29, 1.82) is 0 Å². The number of nitrogens with one attached hydrogen (secondary N) is 2. The summed E-state index contributed by atoms with van der Waals surface area (Å²) in [6, 6.07) is 10.4. The van der Waals surface area contributed by atoms with Crippen molar-refractivity contribution in [2.75, 3.05) is 0 Å². The molecule has 2 aromatic heterocycles. The third kappa shape index (κ3) is 2.38. The Labute approximate surface area is 105 Å². The number of pyridine rings is 1. The van der Waals surface area contributed by atoms with Gasteiger partial charge in [0.15, 0.2) is 0 Å². The molecule has 0 radical (unpaired) electrons. The largest absolute Gasteiger partial charge is 0.309 e. The van der Waals surface area contributed by atoms with Crippen LogP contribution in [-0.2, 0) is 13.1 Å². The molecule has 0 unspecified atom stereocenters. The number of H-pyrrole nitrogens is 1. The smallest absolute Gasteiger partial charge is 0.0702 e. The minimum absolute atomic E-state index is 0.821. The van der Waals surface area contributed by atoms with Crippen LogP contribution in [0.25, 0.3) is 10.9 Å². The van der Waals surface area contributed by atoms with Crippen molar-refractivity contribution < 1.29 is 0 Å². The van der Waals surface area contributed by atoms with Gasteiger partial charge in [0.2, 0.25) is 0 Å². The molecule has 90 valence electrons. The van der Waals surface area contributed by atoms with Gasteiger partial charge in [-0.15, -0.1) is 0 Å². The molecule has 2 N–H and O–H groups in total. The maximum Gasteiger partial charge on any atom is 0.0702 e. The molecule has 4 nitrogen and oxygen atoms in total. The van der Waals surface area contributed by atoms with Crippen LogP contribution in [0.15, 0.2) is 48.9 Å². The molecule has 1 aromatic carbocycles. The zero-order valence-electron chi connectivity index (χ0n) is 9.93. The van der Waals surface area contributed by atoms with Crippen molar-refractivity contribution in [1.82, 2.24) is 20.5 Å². The molecule has 18 heavy (non-hydrogen) atoms. The van der Waals surface area contributed by atoms with Gasteiger partial charge in [-0.05, 0) is 23.8 Å². The van der Waals surface area contributed by atoms with Crippen molar-refractivity contribution in [2.24, 2.45) is 0 Å². The van der Waals surface area contributed by atoms with Gasteiger partial charge in [-0.2, -0.15) is 5.10 Å². The van der Waals surface area contributed by atoms with E-state index in [2.05, 4.69) is 44.8 Å². The number of hydrogen-bond donors (Lipinski definition) is 2. The van der Waals surface area contributed by atoms with Crippen LogP contribution >= 0.6 is 0 Å². The molecule has 0 amide bonds. The summed E-state index contributed by atoms with van der Waals surface area (Å²) in [4.78, 5) is 4.31. The Kier molecular flexibility index (Phi) is 3.02. The highest BCUT2D eigenvalue weighted by Gasteiger charge is 1.98. The number of hydrogen-bond acceptors (Lipinski definition) is 3. The molecule has 0 atom stereocenters. The molecular weight excluding hydrogens is 224 g/mol. The number of fused-ring (bicyclic) bond motifs is 1. The molecule has 0 saturated carbocycles. The fourth-order valence-corrected chi connectivity index (χ4v) is 1.96. The maximum absolute atomic E-state index is 4.31. The Morgan fingerprint density at radius 1 is 1.11 bits per heavy atom. The van der Waals surface area contributed by atoms with Crippen LogP contribution in [0.2, 0.25) is 0 Å². The minimum Gasteiger partial charge on any atom is -0.309 e. The molecule has 2 heterocycles. The number of rotatable bonds is 4. The molecule has 3 rings (SSSR count). The van der Waals surface area contributed by atoms with Crippen molar-refractivity contribution in [2.45, 2.75) is 13.1 Å². The standard InChI is InChI=1S/C14H14N4/c1-2-13-6-11(3-4-14(13)16-5-1)7-15-8-12-9-17-18-10-12/h1-6,9-10,15H,7-8H2,(H,17,18). The summed E-state index contributed by atoms with van der Waals surface area (Å²) in [6.45, 7) is 1.66. The van der Waals surface area contributed by atoms with E-state index in [1.807, 2.05) is 24.7 Å². The predicted molar refractivity (Wildman–Crippen MR) is 70.9 cm³/mol. The number of aromatic amines is 1. The molecule has 4 heteroatoms. The molecule has 3 aromatic rings. The average Bonchev–Trinajstić information content (AvgIpc) is 2.92. The Morgan fingerprint density at radius 2 is 2.06 bits per heavy atom.